The number of rotatable bonds is 6. The van der Waals surface area contributed by atoms with Gasteiger partial charge in [-0.1, -0.05) is 11.6 Å². The number of nitrogens with zero attached hydrogens (tertiary/aromatic N) is 6. The highest BCUT2D eigenvalue weighted by molar-refractivity contribution is 6.32. The molecule has 2 fully saturated rings. The van der Waals surface area contributed by atoms with Gasteiger partial charge in [0.2, 0.25) is 5.95 Å². The summed E-state index contributed by atoms with van der Waals surface area (Å²) < 4.78 is 0. The van der Waals surface area contributed by atoms with Crippen molar-refractivity contribution in [1.29, 1.82) is 0 Å². The van der Waals surface area contributed by atoms with Gasteiger partial charge >= 0.3 is 0 Å². The SMILES string of the molecule is NCCN1CCN(c2ncc(Cl)c(N3CCN(CCN)CC3)n2)CC1. The van der Waals surface area contributed by atoms with Crippen molar-refractivity contribution in [1.82, 2.24) is 19.8 Å². The van der Waals surface area contributed by atoms with E-state index < -0.39 is 0 Å². The van der Waals surface area contributed by atoms with Crippen LogP contribution in [0.4, 0.5) is 11.8 Å². The van der Waals surface area contributed by atoms with E-state index in [1.807, 2.05) is 0 Å². The van der Waals surface area contributed by atoms with E-state index in [0.717, 1.165) is 77.2 Å². The molecule has 1 aromatic rings. The molecule has 140 valence electrons. The third-order valence-corrected chi connectivity index (χ3v) is 5.20. The Morgan fingerprint density at radius 2 is 1.36 bits per heavy atom. The second-order valence-corrected chi connectivity index (χ2v) is 6.98. The lowest BCUT2D eigenvalue weighted by Crippen LogP contribution is -2.49. The average molecular weight is 369 g/mol. The standard InChI is InChI=1S/C16H29ClN8/c17-14-13-20-16(25-11-7-23(4-2-19)8-12-25)21-15(14)24-9-5-22(3-1-18)6-10-24/h13H,1-12,18-19H2. The van der Waals surface area contributed by atoms with Gasteiger partial charge in [-0.05, 0) is 0 Å². The first-order chi connectivity index (χ1) is 12.2. The normalized spacial score (nSPS) is 20.3. The molecule has 0 atom stereocenters. The van der Waals surface area contributed by atoms with Crippen LogP contribution in [0.1, 0.15) is 0 Å². The van der Waals surface area contributed by atoms with Crippen molar-refractivity contribution in [3.8, 4) is 0 Å². The zero-order valence-electron chi connectivity index (χ0n) is 14.8. The van der Waals surface area contributed by atoms with Crippen LogP contribution in [0.3, 0.4) is 0 Å². The van der Waals surface area contributed by atoms with Crippen LogP contribution in [0.5, 0.6) is 0 Å². The Morgan fingerprint density at radius 3 is 1.88 bits per heavy atom. The molecule has 0 spiro atoms. The summed E-state index contributed by atoms with van der Waals surface area (Å²) >= 11 is 6.39. The van der Waals surface area contributed by atoms with Crippen molar-refractivity contribution < 1.29 is 0 Å². The second-order valence-electron chi connectivity index (χ2n) is 6.58. The van der Waals surface area contributed by atoms with Gasteiger partial charge in [0.15, 0.2) is 5.82 Å². The zero-order chi connectivity index (χ0) is 17.6. The van der Waals surface area contributed by atoms with Crippen molar-refractivity contribution in [3.63, 3.8) is 0 Å². The Balaban J connectivity index is 1.63. The van der Waals surface area contributed by atoms with E-state index >= 15 is 0 Å². The van der Waals surface area contributed by atoms with E-state index in [0.29, 0.717) is 18.1 Å². The minimum absolute atomic E-state index is 0.623. The summed E-state index contributed by atoms with van der Waals surface area (Å²) in [5.74, 6) is 1.62. The number of hydrogen-bond acceptors (Lipinski definition) is 8. The Morgan fingerprint density at radius 1 is 0.840 bits per heavy atom. The summed E-state index contributed by atoms with van der Waals surface area (Å²) in [6.07, 6.45) is 1.73. The van der Waals surface area contributed by atoms with Crippen molar-refractivity contribution in [2.24, 2.45) is 11.5 Å². The van der Waals surface area contributed by atoms with Gasteiger partial charge in [0.1, 0.15) is 5.02 Å². The summed E-state index contributed by atoms with van der Waals surface area (Å²) in [5, 5.41) is 0.623. The molecule has 3 rings (SSSR count). The van der Waals surface area contributed by atoms with Gasteiger partial charge in [-0.15, -0.1) is 0 Å². The predicted octanol–water partition coefficient (Wildman–Crippen LogP) is -0.709. The van der Waals surface area contributed by atoms with Crippen LogP contribution in [0.2, 0.25) is 5.02 Å². The van der Waals surface area contributed by atoms with Crippen molar-refractivity contribution in [2.45, 2.75) is 0 Å². The molecular weight excluding hydrogens is 340 g/mol. The minimum atomic E-state index is 0.623. The molecule has 3 heterocycles. The molecule has 0 amide bonds. The summed E-state index contributed by atoms with van der Waals surface area (Å²) in [5.41, 5.74) is 11.3. The van der Waals surface area contributed by atoms with E-state index in [4.69, 9.17) is 28.1 Å². The number of hydrogen-bond donors (Lipinski definition) is 2. The van der Waals surface area contributed by atoms with Crippen molar-refractivity contribution >= 4 is 23.4 Å². The Bertz CT molecular complexity index is 541. The molecule has 1 aromatic heterocycles. The molecule has 0 aromatic carbocycles. The predicted molar refractivity (Wildman–Crippen MR) is 102 cm³/mol. The van der Waals surface area contributed by atoms with Crippen LogP contribution in [0.15, 0.2) is 6.20 Å². The van der Waals surface area contributed by atoms with Gasteiger partial charge in [-0.2, -0.15) is 4.98 Å². The van der Waals surface area contributed by atoms with Crippen LogP contribution >= 0.6 is 11.6 Å². The average Bonchev–Trinajstić information content (AvgIpc) is 2.64. The number of aromatic nitrogens is 2. The van der Waals surface area contributed by atoms with Crippen LogP contribution in [-0.2, 0) is 0 Å². The lowest BCUT2D eigenvalue weighted by atomic mass is 10.3. The number of piperazine rings is 2. The van der Waals surface area contributed by atoms with E-state index in [2.05, 4.69) is 24.6 Å². The van der Waals surface area contributed by atoms with Crippen LogP contribution < -0.4 is 21.3 Å². The molecule has 0 radical (unpaired) electrons. The maximum absolute atomic E-state index is 6.39. The molecule has 25 heavy (non-hydrogen) atoms. The van der Waals surface area contributed by atoms with Gasteiger partial charge in [-0.3, -0.25) is 9.80 Å². The second kappa shape index (κ2) is 8.95. The lowest BCUT2D eigenvalue weighted by molar-refractivity contribution is 0.262. The fourth-order valence-corrected chi connectivity index (χ4v) is 3.65. The molecule has 4 N–H and O–H groups in total. The first-order valence-corrected chi connectivity index (χ1v) is 9.46. The monoisotopic (exact) mass is 368 g/mol. The first-order valence-electron chi connectivity index (χ1n) is 9.08. The molecule has 2 aliphatic rings. The first kappa shape index (κ1) is 18.6. The highest BCUT2D eigenvalue weighted by atomic mass is 35.5. The van der Waals surface area contributed by atoms with Gasteiger partial charge in [0.05, 0.1) is 6.20 Å². The zero-order valence-corrected chi connectivity index (χ0v) is 15.5. The fraction of sp³-hybridized carbons (Fsp3) is 0.750. The maximum Gasteiger partial charge on any atom is 0.227 e. The smallest absolute Gasteiger partial charge is 0.227 e. The van der Waals surface area contributed by atoms with E-state index in [1.165, 1.54) is 0 Å². The Kier molecular flexibility index (Phi) is 6.66. The molecule has 0 bridgehead atoms. The Hall–Kier alpha value is -1.19. The molecular formula is C16H29ClN8. The van der Waals surface area contributed by atoms with Crippen LogP contribution in [0.25, 0.3) is 0 Å². The maximum atomic E-state index is 6.39. The van der Waals surface area contributed by atoms with Gasteiger partial charge in [0.25, 0.3) is 0 Å². The summed E-state index contributed by atoms with van der Waals surface area (Å²) in [7, 11) is 0. The topological polar surface area (TPSA) is 90.8 Å². The Labute approximate surface area is 154 Å². The lowest BCUT2D eigenvalue weighted by Gasteiger charge is -2.37. The summed E-state index contributed by atoms with van der Waals surface area (Å²) in [4.78, 5) is 18.5. The van der Waals surface area contributed by atoms with E-state index in [9.17, 15) is 0 Å². The number of nitrogens with two attached hydrogens (primary N) is 2. The molecule has 9 heteroatoms. The highest BCUT2D eigenvalue weighted by Gasteiger charge is 2.23. The van der Waals surface area contributed by atoms with Gasteiger partial charge in [0, 0.05) is 78.5 Å². The van der Waals surface area contributed by atoms with Crippen LogP contribution in [-0.4, -0.2) is 98.3 Å². The molecule has 0 aliphatic carbocycles. The third-order valence-electron chi connectivity index (χ3n) is 4.93. The fourth-order valence-electron chi connectivity index (χ4n) is 3.44. The van der Waals surface area contributed by atoms with Crippen molar-refractivity contribution in [2.75, 3.05) is 88.3 Å². The molecule has 0 saturated carbocycles. The summed E-state index contributed by atoms with van der Waals surface area (Å²) in [6, 6.07) is 0. The van der Waals surface area contributed by atoms with Crippen molar-refractivity contribution in [3.05, 3.63) is 11.2 Å². The van der Waals surface area contributed by atoms with Gasteiger partial charge in [-0.25, -0.2) is 4.98 Å². The van der Waals surface area contributed by atoms with E-state index in [-0.39, 0.29) is 0 Å². The molecule has 2 aliphatic heterocycles. The largest absolute Gasteiger partial charge is 0.353 e. The highest BCUT2D eigenvalue weighted by Crippen LogP contribution is 2.26. The molecule has 2 saturated heterocycles. The minimum Gasteiger partial charge on any atom is -0.353 e. The quantitative estimate of drug-likeness (QED) is 0.680. The van der Waals surface area contributed by atoms with Crippen LogP contribution in [0, 0.1) is 0 Å². The number of anilines is 2. The van der Waals surface area contributed by atoms with E-state index in [1.54, 1.807) is 6.20 Å². The van der Waals surface area contributed by atoms with Gasteiger partial charge < -0.3 is 21.3 Å². The summed E-state index contributed by atoms with van der Waals surface area (Å²) in [6.45, 7) is 11.0. The molecule has 8 nitrogen and oxygen atoms in total. The number of halogens is 1. The molecule has 0 unspecified atom stereocenters. The third kappa shape index (κ3) is 4.71.